The molecule has 1 heterocycles. The van der Waals surface area contributed by atoms with Crippen molar-refractivity contribution in [2.24, 2.45) is 5.10 Å². The average molecular weight is 397 g/mol. The highest BCUT2D eigenvalue weighted by Gasteiger charge is 2.07. The summed E-state index contributed by atoms with van der Waals surface area (Å²) in [6, 6.07) is 14.0. The van der Waals surface area contributed by atoms with Gasteiger partial charge in [0.25, 0.3) is 0 Å². The topological polar surface area (TPSA) is 64.4 Å². The molecule has 0 atom stereocenters. The average Bonchev–Trinajstić information content (AvgIpc) is 3.06. The van der Waals surface area contributed by atoms with E-state index in [1.165, 1.54) is 5.56 Å². The number of ether oxygens (including phenoxy) is 2. The number of nitrogens with one attached hydrogen (secondary N) is 1. The van der Waals surface area contributed by atoms with Gasteiger partial charge in [-0.3, -0.25) is 5.10 Å². The lowest BCUT2D eigenvalue weighted by atomic mass is 10.2. The zero-order valence-electron chi connectivity index (χ0n) is 16.3. The van der Waals surface area contributed by atoms with E-state index in [1.54, 1.807) is 18.0 Å². The van der Waals surface area contributed by atoms with Crippen LogP contribution in [-0.4, -0.2) is 28.2 Å². The van der Waals surface area contributed by atoms with Crippen molar-refractivity contribution in [3.8, 4) is 11.5 Å². The number of aryl methyl sites for hydroxylation is 2. The van der Waals surface area contributed by atoms with E-state index in [0.717, 1.165) is 29.8 Å². The fourth-order valence-corrected chi connectivity index (χ4v) is 2.88. The lowest BCUT2D eigenvalue weighted by molar-refractivity contribution is 0.284. The molecule has 0 aliphatic carbocycles. The van der Waals surface area contributed by atoms with E-state index in [0.29, 0.717) is 22.9 Å². The molecule has 0 amide bonds. The molecule has 0 aliphatic rings. The van der Waals surface area contributed by atoms with Crippen molar-refractivity contribution in [3.05, 3.63) is 69.8 Å². The quantitative estimate of drug-likeness (QED) is 0.444. The zero-order chi connectivity index (χ0) is 19.9. The molecule has 146 valence electrons. The monoisotopic (exact) mass is 396 g/mol. The van der Waals surface area contributed by atoms with Gasteiger partial charge in [0.1, 0.15) is 6.61 Å². The van der Waals surface area contributed by atoms with E-state index in [1.807, 2.05) is 18.2 Å². The summed E-state index contributed by atoms with van der Waals surface area (Å²) in [6.07, 6.45) is 3.51. The smallest absolute Gasteiger partial charge is 0.216 e. The summed E-state index contributed by atoms with van der Waals surface area (Å²) in [5, 5.41) is 11.5. The first-order chi connectivity index (χ1) is 13.6. The summed E-state index contributed by atoms with van der Waals surface area (Å²) in [5.74, 6) is 2.15. The van der Waals surface area contributed by atoms with Gasteiger partial charge in [-0.05, 0) is 54.9 Å². The van der Waals surface area contributed by atoms with Crippen LogP contribution in [0.15, 0.2) is 47.6 Å². The van der Waals surface area contributed by atoms with Gasteiger partial charge in [0.2, 0.25) is 4.77 Å². The van der Waals surface area contributed by atoms with Gasteiger partial charge in [-0.25, -0.2) is 0 Å². The van der Waals surface area contributed by atoms with Gasteiger partial charge in [0.15, 0.2) is 17.3 Å². The second-order valence-corrected chi connectivity index (χ2v) is 6.82. The predicted molar refractivity (Wildman–Crippen MR) is 113 cm³/mol. The number of H-pyrrole nitrogens is 1. The van der Waals surface area contributed by atoms with Crippen LogP contribution in [-0.2, 0) is 13.0 Å². The van der Waals surface area contributed by atoms with Crippen molar-refractivity contribution in [3.63, 3.8) is 0 Å². The molecule has 28 heavy (non-hydrogen) atoms. The van der Waals surface area contributed by atoms with Gasteiger partial charge in [0, 0.05) is 6.42 Å². The van der Waals surface area contributed by atoms with E-state index < -0.39 is 0 Å². The fraction of sp³-hybridized carbons (Fsp3) is 0.286. The Labute approximate surface area is 169 Å². The van der Waals surface area contributed by atoms with Gasteiger partial charge >= 0.3 is 0 Å². The molecule has 0 aliphatic heterocycles. The minimum Gasteiger partial charge on any atom is -0.493 e. The summed E-state index contributed by atoms with van der Waals surface area (Å²) >= 11 is 5.25. The Bertz CT molecular complexity index is 1010. The minimum absolute atomic E-state index is 0.477. The molecular weight excluding hydrogens is 372 g/mol. The van der Waals surface area contributed by atoms with Crippen LogP contribution >= 0.6 is 12.2 Å². The summed E-state index contributed by atoms with van der Waals surface area (Å²) < 4.78 is 13.5. The Morgan fingerprint density at radius 1 is 1.18 bits per heavy atom. The first-order valence-corrected chi connectivity index (χ1v) is 9.58. The van der Waals surface area contributed by atoms with Crippen molar-refractivity contribution in [2.75, 3.05) is 7.11 Å². The Morgan fingerprint density at radius 2 is 1.96 bits per heavy atom. The maximum atomic E-state index is 5.92. The van der Waals surface area contributed by atoms with E-state index in [2.05, 4.69) is 53.4 Å². The highest BCUT2D eigenvalue weighted by atomic mass is 32.1. The Hall–Kier alpha value is -2.93. The number of nitrogens with zero attached hydrogens (tertiary/aromatic N) is 3. The van der Waals surface area contributed by atoms with E-state index in [9.17, 15) is 0 Å². The van der Waals surface area contributed by atoms with E-state index >= 15 is 0 Å². The van der Waals surface area contributed by atoms with E-state index in [-0.39, 0.29) is 0 Å². The van der Waals surface area contributed by atoms with Gasteiger partial charge < -0.3 is 9.47 Å². The second kappa shape index (κ2) is 9.32. The summed E-state index contributed by atoms with van der Waals surface area (Å²) in [7, 11) is 1.63. The molecule has 3 aromatic rings. The zero-order valence-corrected chi connectivity index (χ0v) is 17.1. The summed E-state index contributed by atoms with van der Waals surface area (Å²) in [5.41, 5.74) is 3.21. The van der Waals surface area contributed by atoms with Crippen LogP contribution in [0, 0.1) is 11.7 Å². The molecule has 0 saturated heterocycles. The van der Waals surface area contributed by atoms with Crippen molar-refractivity contribution < 1.29 is 9.47 Å². The van der Waals surface area contributed by atoms with Crippen molar-refractivity contribution in [1.29, 1.82) is 0 Å². The minimum atomic E-state index is 0.477. The number of hydrogen-bond donors (Lipinski definition) is 1. The third kappa shape index (κ3) is 4.86. The Kier molecular flexibility index (Phi) is 6.60. The molecule has 0 fully saturated rings. The first kappa shape index (κ1) is 19.8. The first-order valence-electron chi connectivity index (χ1n) is 9.17. The van der Waals surface area contributed by atoms with Crippen LogP contribution in [0.4, 0.5) is 0 Å². The highest BCUT2D eigenvalue weighted by molar-refractivity contribution is 7.71. The van der Waals surface area contributed by atoms with Crippen molar-refractivity contribution in [1.82, 2.24) is 14.9 Å². The Balaban J connectivity index is 1.75. The number of aromatic nitrogens is 3. The maximum absolute atomic E-state index is 5.92. The molecule has 1 aromatic heterocycles. The molecule has 6 nitrogen and oxygen atoms in total. The molecule has 0 spiro atoms. The van der Waals surface area contributed by atoms with Crippen LogP contribution in [0.1, 0.15) is 35.9 Å². The number of rotatable bonds is 8. The van der Waals surface area contributed by atoms with Crippen LogP contribution in [0.5, 0.6) is 11.5 Å². The molecule has 2 aromatic carbocycles. The summed E-state index contributed by atoms with van der Waals surface area (Å²) in [4.78, 5) is 0. The number of hydrogen-bond acceptors (Lipinski definition) is 5. The normalized spacial score (nSPS) is 11.1. The largest absolute Gasteiger partial charge is 0.493 e. The lowest BCUT2D eigenvalue weighted by Crippen LogP contribution is -2.00. The standard InChI is InChI=1S/C21H24N4O2S/c1-4-5-20-23-24-21(28)25(20)22-13-17-10-11-18(19(12-17)26-3)27-14-16-8-6-15(2)7-9-16/h6-13H,4-5,14H2,1-3H3,(H,24,28)/b22-13-. The van der Waals surface area contributed by atoms with Crippen molar-refractivity contribution in [2.45, 2.75) is 33.3 Å². The SMILES string of the molecule is CCCc1n[nH]c(=S)n1/N=C\c1ccc(OCc2ccc(C)cc2)c(OC)c1. The lowest BCUT2D eigenvalue weighted by Gasteiger charge is -2.11. The molecule has 0 unspecified atom stereocenters. The third-order valence-corrected chi connectivity index (χ3v) is 4.48. The maximum Gasteiger partial charge on any atom is 0.216 e. The van der Waals surface area contributed by atoms with Gasteiger partial charge in [-0.2, -0.15) is 14.9 Å². The van der Waals surface area contributed by atoms with Crippen LogP contribution < -0.4 is 9.47 Å². The molecule has 3 rings (SSSR count). The fourth-order valence-electron chi connectivity index (χ4n) is 2.68. The highest BCUT2D eigenvalue weighted by Crippen LogP contribution is 2.28. The third-order valence-electron chi connectivity index (χ3n) is 4.22. The molecule has 7 heteroatoms. The van der Waals surface area contributed by atoms with E-state index in [4.69, 9.17) is 21.7 Å². The molecule has 0 radical (unpaired) electrons. The van der Waals surface area contributed by atoms with Crippen molar-refractivity contribution >= 4 is 18.4 Å². The number of methoxy groups -OCH3 is 1. The number of aromatic amines is 1. The van der Waals surface area contributed by atoms with Gasteiger partial charge in [-0.15, -0.1) is 0 Å². The molecule has 0 bridgehead atoms. The molecule has 0 saturated carbocycles. The summed E-state index contributed by atoms with van der Waals surface area (Å²) in [6.45, 7) is 4.64. The van der Waals surface area contributed by atoms with Crippen LogP contribution in [0.25, 0.3) is 0 Å². The number of benzene rings is 2. The van der Waals surface area contributed by atoms with Gasteiger partial charge in [0.05, 0.1) is 13.3 Å². The molecule has 1 N–H and O–H groups in total. The van der Waals surface area contributed by atoms with Crippen LogP contribution in [0.2, 0.25) is 0 Å². The molecular formula is C21H24N4O2S. The Morgan fingerprint density at radius 3 is 2.68 bits per heavy atom. The van der Waals surface area contributed by atoms with Gasteiger partial charge in [-0.1, -0.05) is 36.8 Å². The second-order valence-electron chi connectivity index (χ2n) is 6.44. The predicted octanol–water partition coefficient (Wildman–Crippen LogP) is 4.67. The van der Waals surface area contributed by atoms with Crippen LogP contribution in [0.3, 0.4) is 0 Å².